The van der Waals surface area contributed by atoms with Gasteiger partial charge < -0.3 is 0 Å². The van der Waals surface area contributed by atoms with E-state index in [0.717, 1.165) is 27.5 Å². The first-order valence-electron chi connectivity index (χ1n) is 5.74. The molecule has 0 spiro atoms. The molecule has 18 heavy (non-hydrogen) atoms. The molecule has 4 rings (SSSR count). The Morgan fingerprint density at radius 2 is 1.94 bits per heavy atom. The van der Waals surface area contributed by atoms with Crippen molar-refractivity contribution >= 4 is 17.5 Å². The predicted molar refractivity (Wildman–Crippen MR) is 68.0 cm³/mol. The van der Waals surface area contributed by atoms with Crippen LogP contribution in [-0.2, 0) is 0 Å². The maximum Gasteiger partial charge on any atom is 0.188 e. The number of carbonyl (C=O) groups excluding carboxylic acids is 1. The number of para-hydroxylation sites is 1. The molecule has 1 aromatic carbocycles. The van der Waals surface area contributed by atoms with Crippen LogP contribution in [0.4, 0.5) is 5.69 Å². The zero-order chi connectivity index (χ0) is 12.1. The Labute approximate surface area is 103 Å². The third-order valence-electron chi connectivity index (χ3n) is 3.25. The summed E-state index contributed by atoms with van der Waals surface area (Å²) in [6.07, 6.45) is 6.91. The molecule has 2 aliphatic rings. The maximum absolute atomic E-state index is 12.1. The van der Waals surface area contributed by atoms with Crippen molar-refractivity contribution in [1.82, 2.24) is 4.98 Å². The van der Waals surface area contributed by atoms with Crippen LogP contribution in [0.5, 0.6) is 0 Å². The number of allylic oxidation sites excluding steroid dienone is 2. The lowest BCUT2D eigenvalue weighted by atomic mass is 9.96. The second-order valence-corrected chi connectivity index (χ2v) is 4.30. The largest absolute Gasteiger partial charge is 0.289 e. The summed E-state index contributed by atoms with van der Waals surface area (Å²) in [6.45, 7) is 0. The van der Waals surface area contributed by atoms with Gasteiger partial charge in [-0.2, -0.15) is 0 Å². The van der Waals surface area contributed by atoms with Crippen molar-refractivity contribution in [3.63, 3.8) is 0 Å². The quantitative estimate of drug-likeness (QED) is 0.590. The van der Waals surface area contributed by atoms with Gasteiger partial charge in [-0.1, -0.05) is 24.3 Å². The van der Waals surface area contributed by atoms with E-state index in [1.165, 1.54) is 0 Å². The molecule has 0 atom stereocenters. The van der Waals surface area contributed by atoms with E-state index >= 15 is 0 Å². The molecule has 0 radical (unpaired) electrons. The summed E-state index contributed by atoms with van der Waals surface area (Å²) in [6, 6.07) is 7.86. The van der Waals surface area contributed by atoms with Crippen molar-refractivity contribution in [2.24, 2.45) is 4.99 Å². The molecule has 2 heterocycles. The molecule has 1 aliphatic heterocycles. The fourth-order valence-corrected chi connectivity index (χ4v) is 2.47. The molecular weight excluding hydrogens is 224 g/mol. The number of fused-ring (bicyclic) bond motifs is 5. The van der Waals surface area contributed by atoms with E-state index in [2.05, 4.69) is 9.98 Å². The van der Waals surface area contributed by atoms with E-state index in [4.69, 9.17) is 0 Å². The molecule has 0 unspecified atom stereocenters. The normalized spacial score (nSPS) is 14.3. The third kappa shape index (κ3) is 1.10. The molecule has 2 aromatic rings. The van der Waals surface area contributed by atoms with Crippen molar-refractivity contribution < 1.29 is 4.79 Å². The Balaban J connectivity index is 2.20. The fourth-order valence-electron chi connectivity index (χ4n) is 2.47. The Hall–Kier alpha value is -2.55. The van der Waals surface area contributed by atoms with Gasteiger partial charge in [-0.15, -0.1) is 0 Å². The highest BCUT2D eigenvalue weighted by atomic mass is 16.1. The Morgan fingerprint density at radius 1 is 1.06 bits per heavy atom. The summed E-state index contributed by atoms with van der Waals surface area (Å²) >= 11 is 0. The summed E-state index contributed by atoms with van der Waals surface area (Å²) in [5.41, 5.74) is 3.51. The smallest absolute Gasteiger partial charge is 0.188 e. The van der Waals surface area contributed by atoms with Crippen molar-refractivity contribution in [3.05, 3.63) is 58.9 Å². The van der Waals surface area contributed by atoms with Gasteiger partial charge in [0.2, 0.25) is 0 Å². The van der Waals surface area contributed by atoms with E-state index in [1.807, 2.05) is 30.3 Å². The van der Waals surface area contributed by atoms with Gasteiger partial charge in [-0.05, 0) is 18.2 Å². The molecule has 1 aromatic heterocycles. The van der Waals surface area contributed by atoms with Crippen molar-refractivity contribution in [1.29, 1.82) is 0 Å². The average molecular weight is 232 g/mol. The number of ketones is 1. The van der Waals surface area contributed by atoms with E-state index in [-0.39, 0.29) is 5.78 Å². The first-order chi connectivity index (χ1) is 8.84. The molecule has 3 nitrogen and oxygen atoms in total. The second-order valence-electron chi connectivity index (χ2n) is 4.30. The predicted octanol–water partition coefficient (Wildman–Crippen LogP) is 1.55. The first-order valence-corrected chi connectivity index (χ1v) is 5.74. The Bertz CT molecular complexity index is 847. The molecule has 84 valence electrons. The SMILES string of the molecule is O=C1C=CC=c2ncc3c(c21)-c1ccccc1N=3. The molecular formula is C15H8N2O. The minimum Gasteiger partial charge on any atom is -0.289 e. The van der Waals surface area contributed by atoms with E-state index in [0.29, 0.717) is 5.56 Å². The van der Waals surface area contributed by atoms with E-state index in [1.54, 1.807) is 18.3 Å². The standard InChI is InChI=1S/C15H8N2O/c18-13-7-3-6-11-15(13)14-9-4-1-2-5-10(9)17-12(14)8-16-11/h1-8H. The van der Waals surface area contributed by atoms with Crippen molar-refractivity contribution in [3.8, 4) is 11.1 Å². The minimum absolute atomic E-state index is 0.00348. The highest BCUT2D eigenvalue weighted by Gasteiger charge is 2.22. The maximum atomic E-state index is 12.1. The lowest BCUT2D eigenvalue weighted by Gasteiger charge is -2.07. The van der Waals surface area contributed by atoms with Crippen molar-refractivity contribution in [2.45, 2.75) is 0 Å². The van der Waals surface area contributed by atoms with E-state index in [9.17, 15) is 4.79 Å². The van der Waals surface area contributed by atoms with Crippen LogP contribution >= 0.6 is 0 Å². The molecule has 0 fully saturated rings. The topological polar surface area (TPSA) is 42.3 Å². The summed E-state index contributed by atoms with van der Waals surface area (Å²) in [7, 11) is 0. The number of carbonyl (C=O) groups is 1. The number of nitrogens with zero attached hydrogens (tertiary/aromatic N) is 2. The lowest BCUT2D eigenvalue weighted by Crippen LogP contribution is -2.25. The van der Waals surface area contributed by atoms with Gasteiger partial charge >= 0.3 is 0 Å². The van der Waals surface area contributed by atoms with Crippen LogP contribution in [0.25, 0.3) is 17.2 Å². The number of aromatic nitrogens is 1. The van der Waals surface area contributed by atoms with Gasteiger partial charge in [-0.3, -0.25) is 9.78 Å². The van der Waals surface area contributed by atoms with E-state index < -0.39 is 0 Å². The van der Waals surface area contributed by atoms with Crippen LogP contribution in [0.3, 0.4) is 0 Å². The van der Waals surface area contributed by atoms with Crippen LogP contribution in [0.15, 0.2) is 47.6 Å². The van der Waals surface area contributed by atoms with Crippen LogP contribution in [0, 0.1) is 0 Å². The summed E-state index contributed by atoms with van der Waals surface area (Å²) in [4.78, 5) is 20.9. The number of rotatable bonds is 0. The monoisotopic (exact) mass is 232 g/mol. The second kappa shape index (κ2) is 3.23. The number of pyridine rings is 1. The zero-order valence-corrected chi connectivity index (χ0v) is 9.42. The number of hydrogen-bond acceptors (Lipinski definition) is 3. The zero-order valence-electron chi connectivity index (χ0n) is 9.42. The van der Waals surface area contributed by atoms with Gasteiger partial charge in [0.15, 0.2) is 5.78 Å². The van der Waals surface area contributed by atoms with Gasteiger partial charge in [0, 0.05) is 11.1 Å². The molecule has 0 saturated carbocycles. The highest BCUT2D eigenvalue weighted by molar-refractivity contribution is 6.11. The average Bonchev–Trinajstić information content (AvgIpc) is 2.77. The van der Waals surface area contributed by atoms with Gasteiger partial charge in [-0.25, -0.2) is 4.99 Å². The number of hydrogen-bond donors (Lipinski definition) is 0. The van der Waals surface area contributed by atoms with Gasteiger partial charge in [0.05, 0.1) is 28.2 Å². The van der Waals surface area contributed by atoms with Crippen molar-refractivity contribution in [2.75, 3.05) is 0 Å². The first kappa shape index (κ1) is 9.48. The van der Waals surface area contributed by atoms with Crippen LogP contribution in [0.2, 0.25) is 0 Å². The molecule has 0 bridgehead atoms. The number of benzene rings is 1. The summed E-state index contributed by atoms with van der Waals surface area (Å²) < 4.78 is 0. The molecule has 0 saturated heterocycles. The summed E-state index contributed by atoms with van der Waals surface area (Å²) in [5, 5.41) is 1.51. The Kier molecular flexibility index (Phi) is 1.70. The molecule has 3 heteroatoms. The third-order valence-corrected chi connectivity index (χ3v) is 3.25. The summed E-state index contributed by atoms with van der Waals surface area (Å²) in [5.74, 6) is 0.00348. The Morgan fingerprint density at radius 3 is 2.89 bits per heavy atom. The highest BCUT2D eigenvalue weighted by Crippen LogP contribution is 2.33. The van der Waals surface area contributed by atoms with Crippen LogP contribution < -0.4 is 10.7 Å². The fraction of sp³-hybridized carbons (Fsp3) is 0. The lowest BCUT2D eigenvalue weighted by molar-refractivity contribution is 0.104. The molecule has 0 amide bonds. The molecule has 0 N–H and O–H groups in total. The van der Waals surface area contributed by atoms with Crippen LogP contribution in [0.1, 0.15) is 10.4 Å². The van der Waals surface area contributed by atoms with Crippen LogP contribution in [-0.4, -0.2) is 10.8 Å². The minimum atomic E-state index is 0.00348. The molecule has 1 aliphatic carbocycles. The van der Waals surface area contributed by atoms with Gasteiger partial charge in [0.25, 0.3) is 0 Å². The van der Waals surface area contributed by atoms with Gasteiger partial charge in [0.1, 0.15) is 0 Å².